The molecule has 26 heavy (non-hydrogen) atoms. The van der Waals surface area contributed by atoms with E-state index in [2.05, 4.69) is 4.98 Å². The zero-order chi connectivity index (χ0) is 18.1. The van der Waals surface area contributed by atoms with Crippen LogP contribution in [0.1, 0.15) is 10.4 Å². The van der Waals surface area contributed by atoms with Gasteiger partial charge in [0.2, 0.25) is 0 Å². The van der Waals surface area contributed by atoms with E-state index < -0.39 is 11.8 Å². The molecule has 0 fully saturated rings. The molecule has 4 aromatic rings. The van der Waals surface area contributed by atoms with Crippen molar-refractivity contribution >= 4 is 16.9 Å². The van der Waals surface area contributed by atoms with Crippen molar-refractivity contribution in [1.29, 1.82) is 0 Å². The van der Waals surface area contributed by atoms with Gasteiger partial charge in [-0.3, -0.25) is 0 Å². The highest BCUT2D eigenvalue weighted by molar-refractivity contribution is 6.11. The monoisotopic (exact) mass is 343 g/mol. The van der Waals surface area contributed by atoms with E-state index >= 15 is 0 Å². The third-order valence-corrected chi connectivity index (χ3v) is 4.27. The molecule has 4 rings (SSSR count). The van der Waals surface area contributed by atoms with Crippen LogP contribution >= 0.6 is 0 Å². The summed E-state index contributed by atoms with van der Waals surface area (Å²) in [4.78, 5) is 16.8. The van der Waals surface area contributed by atoms with Gasteiger partial charge in [-0.05, 0) is 23.8 Å². The van der Waals surface area contributed by atoms with Gasteiger partial charge in [0, 0.05) is 16.5 Å². The lowest BCUT2D eigenvalue weighted by molar-refractivity contribution is 0.0700. The van der Waals surface area contributed by atoms with Gasteiger partial charge in [0.25, 0.3) is 0 Å². The smallest absolute Gasteiger partial charge is 0.337 e. The van der Waals surface area contributed by atoms with Crippen molar-refractivity contribution in [3.63, 3.8) is 0 Å². The van der Waals surface area contributed by atoms with E-state index in [0.717, 1.165) is 11.1 Å². The molecule has 0 aliphatic carbocycles. The van der Waals surface area contributed by atoms with Gasteiger partial charge in [-0.2, -0.15) is 0 Å². The average Bonchev–Trinajstić information content (AvgIpc) is 2.67. The third-order valence-electron chi connectivity index (χ3n) is 4.27. The highest BCUT2D eigenvalue weighted by Crippen LogP contribution is 2.37. The Bertz CT molecular complexity index is 1110. The van der Waals surface area contributed by atoms with E-state index in [1.165, 1.54) is 18.2 Å². The fraction of sp³-hybridized carbons (Fsp3) is 0. The summed E-state index contributed by atoms with van der Waals surface area (Å²) in [6.07, 6.45) is 0. The van der Waals surface area contributed by atoms with Crippen LogP contribution in [0.25, 0.3) is 33.3 Å². The SMILES string of the molecule is O=C(O)c1c(-c2ccccc2)c(-c2ccccc2)nc2ccc(F)cc12. The molecular formula is C22H14FNO2. The lowest BCUT2D eigenvalue weighted by atomic mass is 9.92. The number of fused-ring (bicyclic) bond motifs is 1. The van der Waals surface area contributed by atoms with E-state index in [9.17, 15) is 14.3 Å². The Morgan fingerprint density at radius 3 is 2.08 bits per heavy atom. The molecule has 0 saturated heterocycles. The number of aromatic nitrogens is 1. The zero-order valence-corrected chi connectivity index (χ0v) is 13.7. The van der Waals surface area contributed by atoms with Gasteiger partial charge in [0.1, 0.15) is 5.82 Å². The molecule has 3 nitrogen and oxygen atoms in total. The lowest BCUT2D eigenvalue weighted by Gasteiger charge is -2.15. The molecule has 0 unspecified atom stereocenters. The van der Waals surface area contributed by atoms with Gasteiger partial charge in [-0.1, -0.05) is 60.7 Å². The van der Waals surface area contributed by atoms with Crippen molar-refractivity contribution < 1.29 is 14.3 Å². The highest BCUT2D eigenvalue weighted by Gasteiger charge is 2.22. The Kier molecular flexibility index (Phi) is 3.93. The molecule has 0 saturated carbocycles. The van der Waals surface area contributed by atoms with E-state index in [-0.39, 0.29) is 10.9 Å². The van der Waals surface area contributed by atoms with Crippen LogP contribution in [0.2, 0.25) is 0 Å². The van der Waals surface area contributed by atoms with E-state index in [1.807, 2.05) is 60.7 Å². The molecule has 0 amide bonds. The van der Waals surface area contributed by atoms with Gasteiger partial charge < -0.3 is 5.11 Å². The number of hydrogen-bond acceptors (Lipinski definition) is 2. The number of nitrogens with zero attached hydrogens (tertiary/aromatic N) is 1. The predicted molar refractivity (Wildman–Crippen MR) is 99.5 cm³/mol. The Morgan fingerprint density at radius 2 is 1.46 bits per heavy atom. The van der Waals surface area contributed by atoms with Crippen molar-refractivity contribution in [1.82, 2.24) is 4.98 Å². The number of aromatic carboxylic acids is 1. The van der Waals surface area contributed by atoms with Gasteiger partial charge >= 0.3 is 5.97 Å². The van der Waals surface area contributed by atoms with Crippen LogP contribution < -0.4 is 0 Å². The summed E-state index contributed by atoms with van der Waals surface area (Å²) in [6, 6.07) is 22.6. The Balaban J connectivity index is 2.19. The van der Waals surface area contributed by atoms with Crippen molar-refractivity contribution in [2.75, 3.05) is 0 Å². The Morgan fingerprint density at radius 1 is 0.846 bits per heavy atom. The second-order valence-corrected chi connectivity index (χ2v) is 5.91. The summed E-state index contributed by atoms with van der Waals surface area (Å²) in [5.74, 6) is -1.60. The minimum absolute atomic E-state index is 0.0551. The quantitative estimate of drug-likeness (QED) is 0.541. The standard InChI is InChI=1S/C22H14FNO2/c23-16-11-12-18-17(13-16)20(22(25)26)19(14-7-3-1-4-8-14)21(24-18)15-9-5-2-6-10-15/h1-13H,(H,25,26). The van der Waals surface area contributed by atoms with E-state index in [1.54, 1.807) is 0 Å². The molecule has 0 aliphatic rings. The maximum absolute atomic E-state index is 13.8. The summed E-state index contributed by atoms with van der Waals surface area (Å²) in [6.45, 7) is 0. The number of carboxylic acid groups (broad SMARTS) is 1. The number of benzene rings is 3. The van der Waals surface area contributed by atoms with Crippen LogP contribution in [0.4, 0.5) is 4.39 Å². The number of carbonyl (C=O) groups is 1. The first-order chi connectivity index (χ1) is 12.6. The average molecular weight is 343 g/mol. The number of pyridine rings is 1. The molecule has 0 spiro atoms. The molecule has 4 heteroatoms. The van der Waals surface area contributed by atoms with Crippen LogP contribution in [0.3, 0.4) is 0 Å². The van der Waals surface area contributed by atoms with E-state index in [4.69, 9.17) is 0 Å². The first-order valence-corrected chi connectivity index (χ1v) is 8.12. The maximum Gasteiger partial charge on any atom is 0.337 e. The second kappa shape index (κ2) is 6.41. The molecule has 0 aliphatic heterocycles. The molecule has 126 valence electrons. The van der Waals surface area contributed by atoms with Gasteiger partial charge in [0.15, 0.2) is 0 Å². The predicted octanol–water partition coefficient (Wildman–Crippen LogP) is 5.41. The third kappa shape index (κ3) is 2.71. The molecule has 0 radical (unpaired) electrons. The molecule has 1 N–H and O–H groups in total. The topological polar surface area (TPSA) is 50.2 Å². The van der Waals surface area contributed by atoms with Crippen LogP contribution in [0.15, 0.2) is 78.9 Å². The van der Waals surface area contributed by atoms with Crippen LogP contribution in [0, 0.1) is 5.82 Å². The van der Waals surface area contributed by atoms with Crippen molar-refractivity contribution in [2.45, 2.75) is 0 Å². The summed E-state index contributed by atoms with van der Waals surface area (Å²) in [5.41, 5.74) is 3.08. The van der Waals surface area contributed by atoms with E-state index in [0.29, 0.717) is 16.8 Å². The van der Waals surface area contributed by atoms with Gasteiger partial charge in [-0.25, -0.2) is 14.2 Å². The highest BCUT2D eigenvalue weighted by atomic mass is 19.1. The molecule has 1 aromatic heterocycles. The van der Waals surface area contributed by atoms with Crippen LogP contribution in [-0.2, 0) is 0 Å². The maximum atomic E-state index is 13.8. The zero-order valence-electron chi connectivity index (χ0n) is 13.7. The summed E-state index contributed by atoms with van der Waals surface area (Å²) >= 11 is 0. The first-order valence-electron chi connectivity index (χ1n) is 8.12. The molecule has 0 atom stereocenters. The van der Waals surface area contributed by atoms with Gasteiger partial charge in [-0.15, -0.1) is 0 Å². The molecule has 0 bridgehead atoms. The fourth-order valence-electron chi connectivity index (χ4n) is 3.15. The summed E-state index contributed by atoms with van der Waals surface area (Å²) in [7, 11) is 0. The first kappa shape index (κ1) is 16.0. The summed E-state index contributed by atoms with van der Waals surface area (Å²) in [5, 5.41) is 10.2. The minimum Gasteiger partial charge on any atom is -0.478 e. The van der Waals surface area contributed by atoms with Crippen LogP contribution in [-0.4, -0.2) is 16.1 Å². The number of carboxylic acids is 1. The van der Waals surface area contributed by atoms with Crippen LogP contribution in [0.5, 0.6) is 0 Å². The Labute approximate surface area is 149 Å². The molecular weight excluding hydrogens is 329 g/mol. The fourth-order valence-corrected chi connectivity index (χ4v) is 3.15. The largest absolute Gasteiger partial charge is 0.478 e. The normalized spacial score (nSPS) is 10.8. The van der Waals surface area contributed by atoms with Crippen molar-refractivity contribution in [3.8, 4) is 22.4 Å². The van der Waals surface area contributed by atoms with Crippen molar-refractivity contribution in [2.24, 2.45) is 0 Å². The second-order valence-electron chi connectivity index (χ2n) is 5.91. The summed E-state index contributed by atoms with van der Waals surface area (Å²) < 4.78 is 13.8. The Hall–Kier alpha value is -3.53. The number of halogens is 1. The molecule has 3 aromatic carbocycles. The van der Waals surface area contributed by atoms with Gasteiger partial charge in [0.05, 0.1) is 16.8 Å². The lowest BCUT2D eigenvalue weighted by Crippen LogP contribution is -2.05. The van der Waals surface area contributed by atoms with Crippen molar-refractivity contribution in [3.05, 3.63) is 90.2 Å². The number of hydrogen-bond donors (Lipinski definition) is 1. The minimum atomic E-state index is -1.11. The molecule has 1 heterocycles. The number of rotatable bonds is 3.